The lowest BCUT2D eigenvalue weighted by atomic mass is 9.86. The van der Waals surface area contributed by atoms with E-state index in [4.69, 9.17) is 4.98 Å². The predicted octanol–water partition coefficient (Wildman–Crippen LogP) is 5.36. The highest BCUT2D eigenvalue weighted by Crippen LogP contribution is 2.37. The molecule has 0 spiro atoms. The van der Waals surface area contributed by atoms with E-state index in [1.54, 1.807) is 11.3 Å². The molecule has 1 fully saturated rings. The van der Waals surface area contributed by atoms with Gasteiger partial charge in [-0.3, -0.25) is 4.79 Å². The zero-order chi connectivity index (χ0) is 18.9. The first-order valence-electron chi connectivity index (χ1n) is 9.84. The molecule has 5 rings (SSSR count). The third-order valence-corrected chi connectivity index (χ3v) is 7.30. The summed E-state index contributed by atoms with van der Waals surface area (Å²) in [5.41, 5.74) is 5.26. The molecule has 0 unspecified atom stereocenters. The standard InChI is InChI=1S/C23H22N2OS2/c26-23(25-10-13-27-14-11-25)21-18-7-1-2-9-20(18)24-22-16(5-3-8-19(21)22)15-17-6-4-12-28-17/h1-2,4,6-7,9,12,15H,3,5,8,10-11,13-14H2. The number of para-hydroxylation sites is 1. The Kier molecular flexibility index (Phi) is 4.95. The van der Waals surface area contributed by atoms with E-state index in [-0.39, 0.29) is 5.91 Å². The van der Waals surface area contributed by atoms with Crippen molar-refractivity contribution in [2.75, 3.05) is 24.6 Å². The maximum Gasteiger partial charge on any atom is 0.254 e. The molecular weight excluding hydrogens is 384 g/mol. The van der Waals surface area contributed by atoms with Gasteiger partial charge in [-0.15, -0.1) is 11.3 Å². The molecule has 5 heteroatoms. The van der Waals surface area contributed by atoms with Gasteiger partial charge < -0.3 is 4.90 Å². The van der Waals surface area contributed by atoms with Gasteiger partial charge in [0.15, 0.2) is 0 Å². The number of carbonyl (C=O) groups is 1. The lowest BCUT2D eigenvalue weighted by Crippen LogP contribution is -2.38. The summed E-state index contributed by atoms with van der Waals surface area (Å²) >= 11 is 3.68. The summed E-state index contributed by atoms with van der Waals surface area (Å²) in [5, 5.41) is 3.11. The van der Waals surface area contributed by atoms with E-state index in [1.807, 2.05) is 34.9 Å². The second-order valence-corrected chi connectivity index (χ2v) is 9.48. The van der Waals surface area contributed by atoms with Crippen LogP contribution in [0.1, 0.15) is 39.3 Å². The number of amides is 1. The molecule has 1 aromatic carbocycles. The van der Waals surface area contributed by atoms with Gasteiger partial charge in [-0.25, -0.2) is 4.98 Å². The summed E-state index contributed by atoms with van der Waals surface area (Å²) in [6.45, 7) is 1.68. The summed E-state index contributed by atoms with van der Waals surface area (Å²) in [5.74, 6) is 2.24. The fraction of sp³-hybridized carbons (Fsp3) is 0.304. The van der Waals surface area contributed by atoms with Crippen molar-refractivity contribution in [1.29, 1.82) is 0 Å². The van der Waals surface area contributed by atoms with Gasteiger partial charge in [-0.1, -0.05) is 24.3 Å². The van der Waals surface area contributed by atoms with Gasteiger partial charge in [-0.05, 0) is 54.0 Å². The molecule has 3 heterocycles. The molecule has 2 aliphatic rings. The fourth-order valence-corrected chi connectivity index (χ4v) is 5.77. The highest BCUT2D eigenvalue weighted by atomic mass is 32.2. The molecule has 0 bridgehead atoms. The molecule has 1 amide bonds. The van der Waals surface area contributed by atoms with Gasteiger partial charge in [0.05, 0.1) is 16.8 Å². The molecule has 2 aromatic heterocycles. The topological polar surface area (TPSA) is 33.2 Å². The molecule has 28 heavy (non-hydrogen) atoms. The van der Waals surface area contributed by atoms with Crippen LogP contribution < -0.4 is 0 Å². The second-order valence-electron chi connectivity index (χ2n) is 7.27. The van der Waals surface area contributed by atoms with Gasteiger partial charge in [0.2, 0.25) is 0 Å². The Labute approximate surface area is 173 Å². The lowest BCUT2D eigenvalue weighted by Gasteiger charge is -2.29. The van der Waals surface area contributed by atoms with Gasteiger partial charge in [0, 0.05) is 34.9 Å². The maximum absolute atomic E-state index is 13.6. The van der Waals surface area contributed by atoms with E-state index >= 15 is 0 Å². The number of carbonyl (C=O) groups excluding carboxylic acids is 1. The number of hydrogen-bond acceptors (Lipinski definition) is 4. The van der Waals surface area contributed by atoms with Crippen molar-refractivity contribution < 1.29 is 4.79 Å². The molecule has 0 N–H and O–H groups in total. The summed E-state index contributed by atoms with van der Waals surface area (Å²) in [4.78, 5) is 21.9. The molecule has 3 aromatic rings. The fourth-order valence-electron chi connectivity index (χ4n) is 4.19. The second kappa shape index (κ2) is 7.72. The van der Waals surface area contributed by atoms with Gasteiger partial charge in [0.1, 0.15) is 0 Å². The van der Waals surface area contributed by atoms with Crippen molar-refractivity contribution >= 4 is 51.6 Å². The number of allylic oxidation sites excluding steroid dienone is 1. The number of benzene rings is 1. The zero-order valence-electron chi connectivity index (χ0n) is 15.7. The highest BCUT2D eigenvalue weighted by molar-refractivity contribution is 7.99. The number of hydrogen-bond donors (Lipinski definition) is 0. The van der Waals surface area contributed by atoms with Crippen LogP contribution in [0.4, 0.5) is 0 Å². The van der Waals surface area contributed by atoms with E-state index in [2.05, 4.69) is 29.7 Å². The van der Waals surface area contributed by atoms with E-state index in [0.29, 0.717) is 0 Å². The monoisotopic (exact) mass is 406 g/mol. The van der Waals surface area contributed by atoms with Crippen molar-refractivity contribution in [1.82, 2.24) is 9.88 Å². The molecule has 0 radical (unpaired) electrons. The molecule has 1 aliphatic carbocycles. The first-order valence-corrected chi connectivity index (χ1v) is 11.9. The average molecular weight is 407 g/mol. The number of rotatable bonds is 2. The number of thiophene rings is 1. The Bertz CT molecular complexity index is 1050. The Morgan fingerprint density at radius 1 is 1.07 bits per heavy atom. The predicted molar refractivity (Wildman–Crippen MR) is 120 cm³/mol. The Morgan fingerprint density at radius 3 is 2.75 bits per heavy atom. The third kappa shape index (κ3) is 3.27. The Morgan fingerprint density at radius 2 is 1.93 bits per heavy atom. The van der Waals surface area contributed by atoms with E-state index in [0.717, 1.165) is 71.6 Å². The molecule has 0 saturated carbocycles. The van der Waals surface area contributed by atoms with Crippen molar-refractivity contribution in [2.45, 2.75) is 19.3 Å². The molecule has 1 aliphatic heterocycles. The SMILES string of the molecule is O=C(c1c2c(nc3ccccc13)C(=Cc1cccs1)CCC2)N1CCSCC1. The van der Waals surface area contributed by atoms with Crippen LogP contribution in [0, 0.1) is 0 Å². The minimum absolute atomic E-state index is 0.188. The Balaban J connectivity index is 1.70. The maximum atomic E-state index is 13.6. The van der Waals surface area contributed by atoms with Gasteiger partial charge in [0.25, 0.3) is 5.91 Å². The van der Waals surface area contributed by atoms with Gasteiger partial charge in [-0.2, -0.15) is 11.8 Å². The first kappa shape index (κ1) is 18.0. The van der Waals surface area contributed by atoms with E-state index in [9.17, 15) is 4.79 Å². The van der Waals surface area contributed by atoms with Crippen LogP contribution >= 0.6 is 23.1 Å². The number of pyridine rings is 1. The average Bonchev–Trinajstić information content (AvgIpc) is 3.26. The minimum atomic E-state index is 0.188. The van der Waals surface area contributed by atoms with Crippen molar-refractivity contribution in [2.24, 2.45) is 0 Å². The first-order chi connectivity index (χ1) is 13.8. The van der Waals surface area contributed by atoms with Crippen LogP contribution in [-0.2, 0) is 6.42 Å². The quantitative estimate of drug-likeness (QED) is 0.574. The van der Waals surface area contributed by atoms with Crippen molar-refractivity contribution in [3.63, 3.8) is 0 Å². The number of nitrogens with zero attached hydrogens (tertiary/aromatic N) is 2. The van der Waals surface area contributed by atoms with Gasteiger partial charge >= 0.3 is 0 Å². The summed E-state index contributed by atoms with van der Waals surface area (Å²) in [6.07, 6.45) is 5.28. The summed E-state index contributed by atoms with van der Waals surface area (Å²) in [7, 11) is 0. The van der Waals surface area contributed by atoms with Crippen molar-refractivity contribution in [3.8, 4) is 0 Å². The van der Waals surface area contributed by atoms with Crippen LogP contribution in [-0.4, -0.2) is 40.4 Å². The molecule has 142 valence electrons. The molecule has 1 saturated heterocycles. The van der Waals surface area contributed by atoms with Crippen LogP contribution in [0.3, 0.4) is 0 Å². The van der Waals surface area contributed by atoms with Crippen LogP contribution in [0.25, 0.3) is 22.6 Å². The smallest absolute Gasteiger partial charge is 0.254 e. The van der Waals surface area contributed by atoms with Crippen molar-refractivity contribution in [3.05, 3.63) is 63.5 Å². The minimum Gasteiger partial charge on any atom is -0.337 e. The largest absolute Gasteiger partial charge is 0.337 e. The van der Waals surface area contributed by atoms with E-state index < -0.39 is 0 Å². The molecular formula is C23H22N2OS2. The number of thioether (sulfide) groups is 1. The van der Waals surface area contributed by atoms with Crippen LogP contribution in [0.5, 0.6) is 0 Å². The zero-order valence-corrected chi connectivity index (χ0v) is 17.3. The molecule has 0 atom stereocenters. The lowest BCUT2D eigenvalue weighted by molar-refractivity contribution is 0.0773. The van der Waals surface area contributed by atoms with Crippen LogP contribution in [0.2, 0.25) is 0 Å². The molecule has 3 nitrogen and oxygen atoms in total. The highest BCUT2D eigenvalue weighted by Gasteiger charge is 2.28. The number of aromatic nitrogens is 1. The van der Waals surface area contributed by atoms with E-state index in [1.165, 1.54) is 10.5 Å². The summed E-state index contributed by atoms with van der Waals surface area (Å²) in [6, 6.07) is 12.4. The Hall–Kier alpha value is -2.11. The normalized spacial score (nSPS) is 18.4. The van der Waals surface area contributed by atoms with Crippen LogP contribution in [0.15, 0.2) is 41.8 Å². The summed E-state index contributed by atoms with van der Waals surface area (Å²) < 4.78 is 0. The third-order valence-electron chi connectivity index (χ3n) is 5.54. The number of fused-ring (bicyclic) bond motifs is 2.